The highest BCUT2D eigenvalue weighted by Crippen LogP contribution is 2.33. The quantitative estimate of drug-likeness (QED) is 0.736. The molecular weight excluding hydrogens is 286 g/mol. The van der Waals surface area contributed by atoms with Crippen LogP contribution in [-0.4, -0.2) is 9.97 Å². The molecule has 1 heterocycles. The molecule has 0 aliphatic heterocycles. The van der Waals surface area contributed by atoms with Crippen LogP contribution in [0.25, 0.3) is 0 Å². The number of hydrogen-bond acceptors (Lipinski definition) is 5. The van der Waals surface area contributed by atoms with Crippen LogP contribution in [-0.2, 0) is 0 Å². The molecule has 0 radical (unpaired) electrons. The van der Waals surface area contributed by atoms with Crippen molar-refractivity contribution in [2.75, 3.05) is 4.90 Å². The first-order valence-corrected chi connectivity index (χ1v) is 6.87. The van der Waals surface area contributed by atoms with Gasteiger partial charge in [-0.3, -0.25) is 0 Å². The number of anilines is 3. The van der Waals surface area contributed by atoms with Gasteiger partial charge in [-0.05, 0) is 48.5 Å². The second-order valence-corrected chi connectivity index (χ2v) is 4.75. The predicted molar refractivity (Wildman–Crippen MR) is 86.1 cm³/mol. The smallest absolute Gasteiger partial charge is 0.115 e. The lowest BCUT2D eigenvalue weighted by molar-refractivity contribution is 1.13. The topological polar surface area (TPSA) is 76.6 Å². The summed E-state index contributed by atoms with van der Waals surface area (Å²) in [7, 11) is 0. The average molecular weight is 297 g/mol. The molecule has 0 spiro atoms. The summed E-state index contributed by atoms with van der Waals surface area (Å²) in [6.45, 7) is 0. The normalized spacial score (nSPS) is 9.65. The van der Waals surface area contributed by atoms with E-state index in [-0.39, 0.29) is 0 Å². The lowest BCUT2D eigenvalue weighted by Gasteiger charge is -2.24. The van der Waals surface area contributed by atoms with Gasteiger partial charge in [-0.2, -0.15) is 10.5 Å². The molecule has 5 nitrogen and oxygen atoms in total. The second kappa shape index (κ2) is 6.38. The van der Waals surface area contributed by atoms with Crippen LogP contribution in [0.15, 0.2) is 67.3 Å². The molecule has 0 N–H and O–H groups in total. The van der Waals surface area contributed by atoms with E-state index in [1.807, 2.05) is 29.2 Å². The molecule has 0 amide bonds. The van der Waals surface area contributed by atoms with E-state index in [9.17, 15) is 0 Å². The van der Waals surface area contributed by atoms with E-state index in [1.54, 1.807) is 36.7 Å². The molecule has 23 heavy (non-hydrogen) atoms. The zero-order chi connectivity index (χ0) is 16.1. The van der Waals surface area contributed by atoms with E-state index in [1.165, 1.54) is 6.33 Å². The van der Waals surface area contributed by atoms with Crippen molar-refractivity contribution in [3.8, 4) is 12.1 Å². The van der Waals surface area contributed by atoms with Crippen molar-refractivity contribution in [1.29, 1.82) is 10.5 Å². The minimum Gasteiger partial charge on any atom is -0.308 e. The summed E-state index contributed by atoms with van der Waals surface area (Å²) in [6, 6.07) is 18.7. The Bertz CT molecular complexity index is 814. The van der Waals surface area contributed by atoms with Crippen molar-refractivity contribution in [3.63, 3.8) is 0 Å². The Morgan fingerprint density at radius 1 is 0.652 bits per heavy atom. The van der Waals surface area contributed by atoms with Crippen LogP contribution in [0.5, 0.6) is 0 Å². The lowest BCUT2D eigenvalue weighted by Crippen LogP contribution is -2.10. The largest absolute Gasteiger partial charge is 0.308 e. The first-order chi connectivity index (χ1) is 11.3. The average Bonchev–Trinajstić information content (AvgIpc) is 2.64. The van der Waals surface area contributed by atoms with Gasteiger partial charge in [0.15, 0.2) is 0 Å². The van der Waals surface area contributed by atoms with Crippen LogP contribution in [0.3, 0.4) is 0 Å². The predicted octanol–water partition coefficient (Wildman–Crippen LogP) is 3.69. The third-order valence-electron chi connectivity index (χ3n) is 3.31. The van der Waals surface area contributed by atoms with Crippen molar-refractivity contribution >= 4 is 17.1 Å². The van der Waals surface area contributed by atoms with E-state index in [0.717, 1.165) is 17.1 Å². The van der Waals surface area contributed by atoms with E-state index < -0.39 is 0 Å². The van der Waals surface area contributed by atoms with Crippen LogP contribution in [0.1, 0.15) is 11.1 Å². The van der Waals surface area contributed by atoms with Crippen molar-refractivity contribution in [2.24, 2.45) is 0 Å². The minimum absolute atomic E-state index is 0.595. The van der Waals surface area contributed by atoms with Crippen molar-refractivity contribution in [1.82, 2.24) is 9.97 Å². The van der Waals surface area contributed by atoms with Gasteiger partial charge in [0.05, 0.1) is 41.3 Å². The molecule has 0 unspecified atom stereocenters. The van der Waals surface area contributed by atoms with Gasteiger partial charge in [0.25, 0.3) is 0 Å². The molecule has 3 aromatic rings. The highest BCUT2D eigenvalue weighted by atomic mass is 15.2. The Hall–Kier alpha value is -3.70. The van der Waals surface area contributed by atoms with Gasteiger partial charge < -0.3 is 4.90 Å². The van der Waals surface area contributed by atoms with Gasteiger partial charge in [0.1, 0.15) is 6.33 Å². The Labute approximate surface area is 133 Å². The van der Waals surface area contributed by atoms with Crippen molar-refractivity contribution < 1.29 is 0 Å². The van der Waals surface area contributed by atoms with Gasteiger partial charge in [-0.1, -0.05) is 0 Å². The first kappa shape index (κ1) is 14.2. The van der Waals surface area contributed by atoms with Crippen LogP contribution in [0.2, 0.25) is 0 Å². The summed E-state index contributed by atoms with van der Waals surface area (Å²) in [6.07, 6.45) is 4.89. The lowest BCUT2D eigenvalue weighted by atomic mass is 10.1. The Balaban J connectivity index is 2.09. The molecule has 0 atom stereocenters. The molecule has 0 aliphatic rings. The summed E-state index contributed by atoms with van der Waals surface area (Å²) >= 11 is 0. The Morgan fingerprint density at radius 3 is 1.48 bits per heavy atom. The molecule has 2 aromatic carbocycles. The van der Waals surface area contributed by atoms with Crippen LogP contribution >= 0.6 is 0 Å². The van der Waals surface area contributed by atoms with Gasteiger partial charge in [0, 0.05) is 11.4 Å². The molecular formula is C18H11N5. The maximum Gasteiger partial charge on any atom is 0.115 e. The second-order valence-electron chi connectivity index (χ2n) is 4.75. The van der Waals surface area contributed by atoms with E-state index in [0.29, 0.717) is 11.1 Å². The van der Waals surface area contributed by atoms with Gasteiger partial charge in [-0.25, -0.2) is 9.97 Å². The molecule has 0 bridgehead atoms. The van der Waals surface area contributed by atoms with Gasteiger partial charge in [-0.15, -0.1) is 0 Å². The number of benzene rings is 2. The summed E-state index contributed by atoms with van der Waals surface area (Å²) < 4.78 is 0. The van der Waals surface area contributed by atoms with Crippen LogP contribution in [0.4, 0.5) is 17.1 Å². The Kier molecular flexibility index (Phi) is 3.95. The molecule has 1 aromatic heterocycles. The number of nitrogens with zero attached hydrogens (tertiary/aromatic N) is 5. The third kappa shape index (κ3) is 2.99. The van der Waals surface area contributed by atoms with E-state index in [4.69, 9.17) is 10.5 Å². The molecule has 108 valence electrons. The SMILES string of the molecule is N#Cc1ccc(N(c2ccc(C#N)cc2)c2cncnc2)cc1. The van der Waals surface area contributed by atoms with Crippen LogP contribution < -0.4 is 4.90 Å². The van der Waals surface area contributed by atoms with Crippen molar-refractivity contribution in [3.05, 3.63) is 78.4 Å². The number of aromatic nitrogens is 2. The standard InChI is InChI=1S/C18H11N5/c19-9-14-1-5-16(6-2-14)23(18-11-21-13-22-12-18)17-7-3-15(10-20)4-8-17/h1-8,11-13H. The third-order valence-corrected chi connectivity index (χ3v) is 3.31. The van der Waals surface area contributed by atoms with Gasteiger partial charge >= 0.3 is 0 Å². The Morgan fingerprint density at radius 2 is 1.09 bits per heavy atom. The monoisotopic (exact) mass is 297 g/mol. The molecule has 0 saturated heterocycles. The molecule has 0 aliphatic carbocycles. The van der Waals surface area contributed by atoms with Crippen molar-refractivity contribution in [2.45, 2.75) is 0 Å². The van der Waals surface area contributed by atoms with Gasteiger partial charge in [0.2, 0.25) is 0 Å². The summed E-state index contributed by atoms with van der Waals surface area (Å²) in [4.78, 5) is 10.1. The fourth-order valence-electron chi connectivity index (χ4n) is 2.22. The summed E-state index contributed by atoms with van der Waals surface area (Å²) in [5, 5.41) is 17.9. The number of hydrogen-bond donors (Lipinski definition) is 0. The molecule has 0 saturated carbocycles. The number of nitriles is 2. The summed E-state index contributed by atoms with van der Waals surface area (Å²) in [5.41, 5.74) is 3.74. The van der Waals surface area contributed by atoms with E-state index in [2.05, 4.69) is 22.1 Å². The molecule has 5 heteroatoms. The van der Waals surface area contributed by atoms with E-state index >= 15 is 0 Å². The fraction of sp³-hybridized carbons (Fsp3) is 0. The highest BCUT2D eigenvalue weighted by molar-refractivity contribution is 5.76. The maximum absolute atomic E-state index is 8.94. The first-order valence-electron chi connectivity index (χ1n) is 6.87. The molecule has 3 rings (SSSR count). The highest BCUT2D eigenvalue weighted by Gasteiger charge is 2.12. The molecule has 0 fully saturated rings. The minimum atomic E-state index is 0.595. The van der Waals surface area contributed by atoms with Crippen LogP contribution in [0, 0.1) is 22.7 Å². The zero-order valence-corrected chi connectivity index (χ0v) is 12.1. The summed E-state index contributed by atoms with van der Waals surface area (Å²) in [5.74, 6) is 0. The maximum atomic E-state index is 8.94. The zero-order valence-electron chi connectivity index (χ0n) is 12.1. The number of rotatable bonds is 3. The fourth-order valence-corrected chi connectivity index (χ4v) is 2.22.